The summed E-state index contributed by atoms with van der Waals surface area (Å²) in [6.07, 6.45) is 3.78. The van der Waals surface area contributed by atoms with E-state index in [4.69, 9.17) is 10.5 Å². The number of rotatable bonds is 11. The van der Waals surface area contributed by atoms with E-state index in [1.807, 2.05) is 0 Å². The highest BCUT2D eigenvalue weighted by Gasteiger charge is 2.22. The highest BCUT2D eigenvalue weighted by atomic mass is 16.5. The van der Waals surface area contributed by atoms with Crippen molar-refractivity contribution in [3.63, 3.8) is 0 Å². The monoisotopic (exact) mass is 366 g/mol. The molecule has 0 bridgehead atoms. The Morgan fingerprint density at radius 3 is 2.54 bits per heavy atom. The van der Waals surface area contributed by atoms with Crippen LogP contribution in [0.5, 0.6) is 0 Å². The molecule has 1 rings (SSSR count). The van der Waals surface area contributed by atoms with Gasteiger partial charge in [0.15, 0.2) is 0 Å². The van der Waals surface area contributed by atoms with Crippen LogP contribution < -0.4 is 21.7 Å². The summed E-state index contributed by atoms with van der Waals surface area (Å²) in [5, 5.41) is 7.43. The first-order valence-electron chi connectivity index (χ1n) is 7.91. The fourth-order valence-corrected chi connectivity index (χ4v) is 1.83. The number of primary amides is 1. The lowest BCUT2D eigenvalue weighted by molar-refractivity contribution is -0.133. The van der Waals surface area contributed by atoms with Gasteiger partial charge in [0, 0.05) is 32.1 Å². The van der Waals surface area contributed by atoms with E-state index in [-0.39, 0.29) is 31.8 Å². The summed E-state index contributed by atoms with van der Waals surface area (Å²) >= 11 is 0. The molecule has 0 saturated heterocycles. The van der Waals surface area contributed by atoms with Crippen LogP contribution >= 0.6 is 0 Å². The van der Waals surface area contributed by atoms with Crippen LogP contribution in [-0.4, -0.2) is 65.9 Å². The molecule has 11 nitrogen and oxygen atoms in total. The molecular weight excluding hydrogens is 344 g/mol. The number of carbonyl (C=O) groups is 4. The zero-order valence-electron chi connectivity index (χ0n) is 14.4. The first-order valence-corrected chi connectivity index (χ1v) is 7.91. The van der Waals surface area contributed by atoms with Crippen LogP contribution in [0.1, 0.15) is 23.8 Å². The summed E-state index contributed by atoms with van der Waals surface area (Å²) in [5.41, 5.74) is 5.24. The first-order chi connectivity index (χ1) is 12.4. The van der Waals surface area contributed by atoms with Gasteiger partial charge < -0.3 is 26.4 Å². The molecule has 1 unspecified atom stereocenters. The van der Waals surface area contributed by atoms with E-state index in [0.29, 0.717) is 6.61 Å². The molecule has 26 heavy (non-hydrogen) atoms. The van der Waals surface area contributed by atoms with Crippen molar-refractivity contribution < 1.29 is 23.9 Å². The predicted molar refractivity (Wildman–Crippen MR) is 89.6 cm³/mol. The van der Waals surface area contributed by atoms with E-state index < -0.39 is 29.7 Å². The molecule has 4 amide bonds. The van der Waals surface area contributed by atoms with Crippen molar-refractivity contribution in [3.05, 3.63) is 24.3 Å². The van der Waals surface area contributed by atoms with Gasteiger partial charge in [-0.1, -0.05) is 0 Å². The number of nitrogens with one attached hydrogen (secondary N) is 3. The molecule has 5 N–H and O–H groups in total. The number of hydrogen-bond donors (Lipinski definition) is 4. The number of ether oxygens (including phenoxy) is 1. The lowest BCUT2D eigenvalue weighted by Crippen LogP contribution is -2.50. The van der Waals surface area contributed by atoms with Gasteiger partial charge in [0.2, 0.25) is 17.7 Å². The van der Waals surface area contributed by atoms with E-state index in [0.717, 1.165) is 0 Å². The molecule has 0 fully saturated rings. The molecule has 0 aliphatic heterocycles. The summed E-state index contributed by atoms with van der Waals surface area (Å²) in [7, 11) is 0. The van der Waals surface area contributed by atoms with Crippen LogP contribution in [0, 0.1) is 0 Å². The summed E-state index contributed by atoms with van der Waals surface area (Å²) < 4.78 is 4.93. The Morgan fingerprint density at radius 1 is 1.19 bits per heavy atom. The van der Waals surface area contributed by atoms with Crippen molar-refractivity contribution in [2.45, 2.75) is 19.4 Å². The third kappa shape index (κ3) is 8.15. The van der Waals surface area contributed by atoms with E-state index >= 15 is 0 Å². The molecule has 1 atom stereocenters. The highest BCUT2D eigenvalue weighted by Crippen LogP contribution is 1.93. The molecule has 11 heteroatoms. The first kappa shape index (κ1) is 21.0. The Bertz CT molecular complexity index is 624. The number of hydrogen-bond acceptors (Lipinski definition) is 7. The molecule has 1 aromatic heterocycles. The predicted octanol–water partition coefficient (Wildman–Crippen LogP) is -2.28. The number of nitrogens with zero attached hydrogens (tertiary/aromatic N) is 2. The zero-order chi connectivity index (χ0) is 19.4. The lowest BCUT2D eigenvalue weighted by atomic mass is 10.2. The second kappa shape index (κ2) is 11.5. The molecule has 0 aromatic carbocycles. The molecule has 0 spiro atoms. The van der Waals surface area contributed by atoms with Gasteiger partial charge in [-0.25, -0.2) is 4.98 Å². The number of nitrogens with two attached hydrogens (primary N) is 1. The maximum atomic E-state index is 12.1. The standard InChI is InChI=1S/C15H22N6O5/c1-2-26-9-13(23)21-10(7-12(16)22)14(24)19-5-6-20-15(25)11-8-17-3-4-18-11/h3-4,8,10H,2,5-7,9H2,1H3,(H2,16,22)(H,19,24)(H,20,25)(H,21,23). The van der Waals surface area contributed by atoms with Gasteiger partial charge in [0.05, 0.1) is 12.6 Å². The van der Waals surface area contributed by atoms with Crippen LogP contribution in [0.15, 0.2) is 18.6 Å². The zero-order valence-corrected chi connectivity index (χ0v) is 14.4. The van der Waals surface area contributed by atoms with Crippen molar-refractivity contribution in [2.24, 2.45) is 5.73 Å². The lowest BCUT2D eigenvalue weighted by Gasteiger charge is -2.17. The van der Waals surface area contributed by atoms with Crippen molar-refractivity contribution in [3.8, 4) is 0 Å². The Morgan fingerprint density at radius 2 is 1.92 bits per heavy atom. The minimum absolute atomic E-state index is 0.0847. The van der Waals surface area contributed by atoms with Gasteiger partial charge in [-0.05, 0) is 6.92 Å². The Labute approximate surface area is 150 Å². The van der Waals surface area contributed by atoms with Crippen LogP contribution in [0.4, 0.5) is 0 Å². The van der Waals surface area contributed by atoms with Gasteiger partial charge in [-0.2, -0.15) is 0 Å². The molecular formula is C15H22N6O5. The van der Waals surface area contributed by atoms with Gasteiger partial charge in [0.1, 0.15) is 18.3 Å². The van der Waals surface area contributed by atoms with Gasteiger partial charge in [-0.3, -0.25) is 24.2 Å². The molecule has 0 aliphatic carbocycles. The van der Waals surface area contributed by atoms with Gasteiger partial charge in [0.25, 0.3) is 5.91 Å². The maximum absolute atomic E-state index is 12.1. The average molecular weight is 366 g/mol. The fourth-order valence-electron chi connectivity index (χ4n) is 1.83. The molecule has 0 saturated carbocycles. The largest absolute Gasteiger partial charge is 0.372 e. The summed E-state index contributed by atoms with van der Waals surface area (Å²) in [5.74, 6) is -2.31. The third-order valence-corrected chi connectivity index (χ3v) is 3.00. The van der Waals surface area contributed by atoms with Gasteiger partial charge >= 0.3 is 0 Å². The summed E-state index contributed by atoms with van der Waals surface area (Å²) in [6, 6.07) is -1.11. The Kier molecular flexibility index (Phi) is 9.25. The summed E-state index contributed by atoms with van der Waals surface area (Å²) in [6.45, 7) is 2.04. The van der Waals surface area contributed by atoms with Crippen molar-refractivity contribution in [2.75, 3.05) is 26.3 Å². The van der Waals surface area contributed by atoms with Crippen LogP contribution in [0.3, 0.4) is 0 Å². The van der Waals surface area contributed by atoms with E-state index in [9.17, 15) is 19.2 Å². The molecule has 142 valence electrons. The van der Waals surface area contributed by atoms with E-state index in [1.54, 1.807) is 6.92 Å². The molecule has 1 aromatic rings. The van der Waals surface area contributed by atoms with E-state index in [1.165, 1.54) is 18.6 Å². The van der Waals surface area contributed by atoms with Crippen LogP contribution in [-0.2, 0) is 19.1 Å². The second-order valence-corrected chi connectivity index (χ2v) is 5.07. The fraction of sp³-hybridized carbons (Fsp3) is 0.467. The normalized spacial score (nSPS) is 11.3. The number of amides is 4. The maximum Gasteiger partial charge on any atom is 0.271 e. The quantitative estimate of drug-likeness (QED) is 0.320. The van der Waals surface area contributed by atoms with Crippen LogP contribution in [0.25, 0.3) is 0 Å². The minimum atomic E-state index is -1.11. The summed E-state index contributed by atoms with van der Waals surface area (Å²) in [4.78, 5) is 54.2. The minimum Gasteiger partial charge on any atom is -0.372 e. The smallest absolute Gasteiger partial charge is 0.271 e. The number of aromatic nitrogens is 2. The third-order valence-electron chi connectivity index (χ3n) is 3.00. The van der Waals surface area contributed by atoms with Crippen molar-refractivity contribution >= 4 is 23.6 Å². The second-order valence-electron chi connectivity index (χ2n) is 5.07. The SMILES string of the molecule is CCOCC(=O)NC(CC(N)=O)C(=O)NCCNC(=O)c1cnccn1. The molecule has 0 radical (unpaired) electrons. The molecule has 1 heterocycles. The Balaban J connectivity index is 2.41. The number of carbonyl (C=O) groups excluding carboxylic acids is 4. The Hall–Kier alpha value is -3.08. The van der Waals surface area contributed by atoms with E-state index in [2.05, 4.69) is 25.9 Å². The topological polar surface area (TPSA) is 165 Å². The average Bonchev–Trinajstić information content (AvgIpc) is 2.63. The highest BCUT2D eigenvalue weighted by molar-refractivity contribution is 5.92. The van der Waals surface area contributed by atoms with Crippen molar-refractivity contribution in [1.29, 1.82) is 0 Å². The van der Waals surface area contributed by atoms with Crippen LogP contribution in [0.2, 0.25) is 0 Å². The van der Waals surface area contributed by atoms with Gasteiger partial charge in [-0.15, -0.1) is 0 Å². The molecule has 0 aliphatic rings. The van der Waals surface area contributed by atoms with Crippen molar-refractivity contribution in [1.82, 2.24) is 25.9 Å².